The molecule has 0 heterocycles. The van der Waals surface area contributed by atoms with Crippen molar-refractivity contribution in [3.8, 4) is 6.07 Å². The molecule has 1 aliphatic carbocycles. The first-order valence-corrected chi connectivity index (χ1v) is 11.5. The van der Waals surface area contributed by atoms with Gasteiger partial charge in [-0.15, -0.1) is 0 Å². The molecule has 1 aromatic rings. The lowest BCUT2D eigenvalue weighted by molar-refractivity contribution is 0.154. The van der Waals surface area contributed by atoms with Crippen LogP contribution in [0.25, 0.3) is 0 Å². The lowest BCUT2D eigenvalue weighted by atomic mass is 9.82. The van der Waals surface area contributed by atoms with Crippen LogP contribution in [0.1, 0.15) is 68.6 Å². The molecule has 4 heteroatoms. The summed E-state index contributed by atoms with van der Waals surface area (Å²) >= 11 is 1.73. The number of allylic oxidation sites excluding steroid dienone is 2. The van der Waals surface area contributed by atoms with Gasteiger partial charge in [0.05, 0.1) is 24.2 Å². The molecule has 0 spiro atoms. The van der Waals surface area contributed by atoms with Crippen LogP contribution in [0.2, 0.25) is 0 Å². The molecule has 0 amide bonds. The molecule has 148 valence electrons. The van der Waals surface area contributed by atoms with Crippen molar-refractivity contribution in [1.29, 1.82) is 5.26 Å². The molecule has 0 radical (unpaired) electrons. The Labute approximate surface area is 168 Å². The van der Waals surface area contributed by atoms with Gasteiger partial charge in [-0.05, 0) is 54.7 Å². The lowest BCUT2D eigenvalue weighted by Gasteiger charge is -2.23. The van der Waals surface area contributed by atoms with E-state index in [9.17, 15) is 15.5 Å². The number of hydrogen-bond donors (Lipinski definition) is 2. The summed E-state index contributed by atoms with van der Waals surface area (Å²) in [6.07, 6.45) is 11.1. The summed E-state index contributed by atoms with van der Waals surface area (Å²) in [4.78, 5) is 0. The first-order valence-electron chi connectivity index (χ1n) is 10.1. The largest absolute Gasteiger partial charge is 0.392 e. The predicted molar refractivity (Wildman–Crippen MR) is 114 cm³/mol. The third-order valence-electron chi connectivity index (χ3n) is 5.65. The number of thioether (sulfide) groups is 1. The number of rotatable bonds is 10. The fourth-order valence-corrected chi connectivity index (χ4v) is 4.53. The summed E-state index contributed by atoms with van der Waals surface area (Å²) in [6.45, 7) is 2.19. The van der Waals surface area contributed by atoms with Crippen molar-refractivity contribution in [1.82, 2.24) is 0 Å². The molecule has 27 heavy (non-hydrogen) atoms. The van der Waals surface area contributed by atoms with E-state index in [1.165, 1.54) is 12.8 Å². The first-order chi connectivity index (χ1) is 13.1. The Balaban J connectivity index is 2.10. The van der Waals surface area contributed by atoms with Gasteiger partial charge >= 0.3 is 0 Å². The quantitative estimate of drug-likeness (QED) is 0.427. The van der Waals surface area contributed by atoms with E-state index in [1.807, 2.05) is 30.5 Å². The van der Waals surface area contributed by atoms with Crippen LogP contribution in [0.4, 0.5) is 0 Å². The van der Waals surface area contributed by atoms with E-state index in [4.69, 9.17) is 0 Å². The SMILES string of the molecule is CCCC/C=C\CC1C(c2ccc(C(O)CCSC)cc2)[C@H](O)C[C@H]1C#N. The topological polar surface area (TPSA) is 64.2 Å². The molecule has 3 unspecified atom stereocenters. The summed E-state index contributed by atoms with van der Waals surface area (Å²) in [6, 6.07) is 10.4. The number of nitrogens with zero attached hydrogens (tertiary/aromatic N) is 1. The number of benzene rings is 1. The fourth-order valence-electron chi connectivity index (χ4n) is 4.08. The Hall–Kier alpha value is -1.28. The monoisotopic (exact) mass is 387 g/mol. The van der Waals surface area contributed by atoms with Crippen LogP contribution in [0.5, 0.6) is 0 Å². The van der Waals surface area contributed by atoms with Crippen LogP contribution < -0.4 is 0 Å². The second kappa shape index (κ2) is 11.5. The van der Waals surface area contributed by atoms with Crippen molar-refractivity contribution in [2.24, 2.45) is 11.8 Å². The standard InChI is InChI=1S/C23H33NO2S/c1-3-4-5-6-7-8-20-19(16-24)15-22(26)23(20)18-11-9-17(10-12-18)21(25)13-14-27-2/h6-7,9-12,19-23,25-26H,3-5,8,13-15H2,1-2H3/b7-6-/t19-,20?,21?,22+,23?/m0/s1. The van der Waals surface area contributed by atoms with Gasteiger partial charge in [-0.25, -0.2) is 0 Å². The lowest BCUT2D eigenvalue weighted by Crippen LogP contribution is -2.18. The molecule has 2 N–H and O–H groups in total. The summed E-state index contributed by atoms with van der Waals surface area (Å²) in [5.74, 6) is 0.964. The highest BCUT2D eigenvalue weighted by atomic mass is 32.2. The van der Waals surface area contributed by atoms with Crippen molar-refractivity contribution < 1.29 is 10.2 Å². The summed E-state index contributed by atoms with van der Waals surface area (Å²) in [7, 11) is 0. The van der Waals surface area contributed by atoms with Crippen molar-refractivity contribution in [3.05, 3.63) is 47.5 Å². The Morgan fingerprint density at radius 1 is 1.30 bits per heavy atom. The van der Waals surface area contributed by atoms with Gasteiger partial charge in [-0.1, -0.05) is 56.2 Å². The van der Waals surface area contributed by atoms with Crippen LogP contribution in [0.3, 0.4) is 0 Å². The van der Waals surface area contributed by atoms with E-state index in [-0.39, 0.29) is 17.8 Å². The molecule has 3 nitrogen and oxygen atoms in total. The van der Waals surface area contributed by atoms with Gasteiger partial charge in [-0.3, -0.25) is 0 Å². The average Bonchev–Trinajstić information content (AvgIpc) is 3.01. The van der Waals surface area contributed by atoms with Crippen molar-refractivity contribution >= 4 is 11.8 Å². The maximum atomic E-state index is 10.6. The Morgan fingerprint density at radius 3 is 2.67 bits per heavy atom. The minimum absolute atomic E-state index is 0.0112. The Bertz CT molecular complexity index is 622. The first kappa shape index (κ1) is 22.0. The molecular formula is C23H33NO2S. The maximum Gasteiger partial charge on any atom is 0.0797 e. The van der Waals surface area contributed by atoms with Gasteiger partial charge in [0, 0.05) is 5.92 Å². The zero-order valence-electron chi connectivity index (χ0n) is 16.6. The van der Waals surface area contributed by atoms with E-state index in [2.05, 4.69) is 25.1 Å². The molecule has 1 aromatic carbocycles. The fraction of sp³-hybridized carbons (Fsp3) is 0.609. The van der Waals surface area contributed by atoms with Crippen LogP contribution in [0, 0.1) is 23.2 Å². The molecule has 0 saturated heterocycles. The second-order valence-electron chi connectivity index (χ2n) is 7.54. The zero-order chi connectivity index (χ0) is 19.6. The molecular weight excluding hydrogens is 354 g/mol. The van der Waals surface area contributed by atoms with Crippen molar-refractivity contribution in [2.75, 3.05) is 12.0 Å². The highest BCUT2D eigenvalue weighted by Gasteiger charge is 2.42. The van der Waals surface area contributed by atoms with Crippen LogP contribution in [0.15, 0.2) is 36.4 Å². The van der Waals surface area contributed by atoms with E-state index >= 15 is 0 Å². The summed E-state index contributed by atoms with van der Waals surface area (Å²) in [5.41, 5.74) is 2.00. The van der Waals surface area contributed by atoms with Gasteiger partial charge in [0.25, 0.3) is 0 Å². The summed E-state index contributed by atoms with van der Waals surface area (Å²) < 4.78 is 0. The molecule has 5 atom stereocenters. The smallest absolute Gasteiger partial charge is 0.0797 e. The third kappa shape index (κ3) is 6.10. The number of aliphatic hydroxyl groups is 2. The van der Waals surface area contributed by atoms with E-state index < -0.39 is 12.2 Å². The van der Waals surface area contributed by atoms with Crippen molar-refractivity contribution in [2.45, 2.75) is 63.6 Å². The van der Waals surface area contributed by atoms with Crippen LogP contribution >= 0.6 is 11.8 Å². The number of unbranched alkanes of at least 4 members (excludes halogenated alkanes) is 2. The van der Waals surface area contributed by atoms with Gasteiger partial charge < -0.3 is 10.2 Å². The van der Waals surface area contributed by atoms with Crippen LogP contribution in [-0.2, 0) is 0 Å². The molecule has 0 aromatic heterocycles. The highest BCUT2D eigenvalue weighted by Crippen LogP contribution is 2.45. The Kier molecular flexibility index (Phi) is 9.41. The molecule has 1 saturated carbocycles. The van der Waals surface area contributed by atoms with Gasteiger partial charge in [0.1, 0.15) is 0 Å². The number of hydrogen-bond acceptors (Lipinski definition) is 4. The van der Waals surface area contributed by atoms with Crippen LogP contribution in [-0.4, -0.2) is 28.3 Å². The van der Waals surface area contributed by atoms with Gasteiger partial charge in [0.15, 0.2) is 0 Å². The normalized spacial score (nSPS) is 26.3. The molecule has 0 bridgehead atoms. The zero-order valence-corrected chi connectivity index (χ0v) is 17.4. The van der Waals surface area contributed by atoms with E-state index in [1.54, 1.807) is 11.8 Å². The maximum absolute atomic E-state index is 10.6. The summed E-state index contributed by atoms with van der Waals surface area (Å²) in [5, 5.41) is 30.4. The molecule has 2 rings (SSSR count). The molecule has 1 aliphatic rings. The predicted octanol–water partition coefficient (Wildman–Crippen LogP) is 5.21. The van der Waals surface area contributed by atoms with E-state index in [0.717, 1.165) is 36.1 Å². The number of nitriles is 1. The Morgan fingerprint density at radius 2 is 2.04 bits per heavy atom. The van der Waals surface area contributed by atoms with Crippen molar-refractivity contribution in [3.63, 3.8) is 0 Å². The van der Waals surface area contributed by atoms with Gasteiger partial charge in [-0.2, -0.15) is 17.0 Å². The number of aliphatic hydroxyl groups excluding tert-OH is 2. The average molecular weight is 388 g/mol. The highest BCUT2D eigenvalue weighted by molar-refractivity contribution is 7.98. The second-order valence-corrected chi connectivity index (χ2v) is 8.53. The molecule has 1 fully saturated rings. The van der Waals surface area contributed by atoms with E-state index in [0.29, 0.717) is 6.42 Å². The molecule has 0 aliphatic heterocycles. The van der Waals surface area contributed by atoms with Gasteiger partial charge in [0.2, 0.25) is 0 Å². The third-order valence-corrected chi connectivity index (χ3v) is 6.30. The minimum Gasteiger partial charge on any atom is -0.392 e. The minimum atomic E-state index is -0.476.